The van der Waals surface area contributed by atoms with E-state index in [0.717, 1.165) is 12.8 Å². The van der Waals surface area contributed by atoms with Gasteiger partial charge in [0.05, 0.1) is 12.5 Å². The molecule has 0 bridgehead atoms. The number of carboxylic acids is 1. The van der Waals surface area contributed by atoms with E-state index < -0.39 is 12.1 Å². The molecular weight excluding hydrogens is 192 g/mol. The van der Waals surface area contributed by atoms with Gasteiger partial charge in [-0.2, -0.15) is 0 Å². The fourth-order valence-corrected chi connectivity index (χ4v) is 1.37. The molecule has 0 saturated carbocycles. The van der Waals surface area contributed by atoms with E-state index in [2.05, 4.69) is 6.92 Å². The summed E-state index contributed by atoms with van der Waals surface area (Å²) in [6.45, 7) is 2.18. The van der Waals surface area contributed by atoms with E-state index in [1.54, 1.807) is 6.08 Å². The smallest absolute Gasteiger partial charge is 0.306 e. The molecule has 0 aromatic carbocycles. The summed E-state index contributed by atoms with van der Waals surface area (Å²) in [4.78, 5) is 10.2. The highest BCUT2D eigenvalue weighted by molar-refractivity contribution is 5.67. The summed E-state index contributed by atoms with van der Waals surface area (Å²) < 4.78 is 0. The first-order chi connectivity index (χ1) is 7.16. The highest BCUT2D eigenvalue weighted by Gasteiger charge is 2.03. The molecule has 0 rings (SSSR count). The number of hydrogen-bond acceptors (Lipinski definition) is 2. The van der Waals surface area contributed by atoms with Gasteiger partial charge in [0.15, 0.2) is 0 Å². The first-order valence-corrected chi connectivity index (χ1v) is 5.73. The van der Waals surface area contributed by atoms with Crippen LogP contribution in [0.1, 0.15) is 51.9 Å². The van der Waals surface area contributed by atoms with Crippen molar-refractivity contribution in [3.63, 3.8) is 0 Å². The van der Waals surface area contributed by atoms with Gasteiger partial charge < -0.3 is 10.2 Å². The number of unbranched alkanes of at least 4 members (excludes halogenated alkanes) is 5. The average Bonchev–Trinajstić information content (AvgIpc) is 2.15. The fourth-order valence-electron chi connectivity index (χ4n) is 1.37. The Labute approximate surface area is 91.8 Å². The monoisotopic (exact) mass is 214 g/mol. The minimum Gasteiger partial charge on any atom is -0.481 e. The van der Waals surface area contributed by atoms with Gasteiger partial charge in [-0.05, 0) is 12.8 Å². The van der Waals surface area contributed by atoms with Gasteiger partial charge in [0.2, 0.25) is 0 Å². The van der Waals surface area contributed by atoms with Crippen LogP contribution in [0, 0.1) is 0 Å². The summed E-state index contributed by atoms with van der Waals surface area (Å²) in [5.74, 6) is -0.963. The molecule has 0 heterocycles. The second-order valence-corrected chi connectivity index (χ2v) is 3.80. The number of allylic oxidation sites excluding steroid dienone is 1. The minimum atomic E-state index is -0.963. The number of rotatable bonds is 9. The van der Waals surface area contributed by atoms with Crippen molar-refractivity contribution in [1.29, 1.82) is 0 Å². The summed E-state index contributed by atoms with van der Waals surface area (Å²) in [7, 11) is 0. The van der Waals surface area contributed by atoms with Crippen LogP contribution in [0.3, 0.4) is 0 Å². The normalized spacial score (nSPS) is 13.2. The first kappa shape index (κ1) is 14.2. The van der Waals surface area contributed by atoms with Gasteiger partial charge >= 0.3 is 5.97 Å². The average molecular weight is 214 g/mol. The van der Waals surface area contributed by atoms with Crippen molar-refractivity contribution in [2.24, 2.45) is 0 Å². The van der Waals surface area contributed by atoms with Gasteiger partial charge in [-0.15, -0.1) is 0 Å². The van der Waals surface area contributed by atoms with Gasteiger partial charge in [0.25, 0.3) is 0 Å². The van der Waals surface area contributed by atoms with Crippen LogP contribution in [0.2, 0.25) is 0 Å². The predicted molar refractivity (Wildman–Crippen MR) is 60.8 cm³/mol. The number of carbonyl (C=O) groups is 1. The summed E-state index contributed by atoms with van der Waals surface area (Å²) in [5, 5.41) is 17.6. The van der Waals surface area contributed by atoms with E-state index in [-0.39, 0.29) is 6.42 Å². The molecule has 0 saturated heterocycles. The van der Waals surface area contributed by atoms with E-state index in [1.807, 2.05) is 6.08 Å². The fraction of sp³-hybridized carbons (Fsp3) is 0.750. The zero-order chi connectivity index (χ0) is 11.5. The van der Waals surface area contributed by atoms with E-state index in [0.29, 0.717) is 0 Å². The molecule has 15 heavy (non-hydrogen) atoms. The van der Waals surface area contributed by atoms with Crippen molar-refractivity contribution in [2.45, 2.75) is 58.0 Å². The molecule has 0 fully saturated rings. The van der Waals surface area contributed by atoms with E-state index in [4.69, 9.17) is 5.11 Å². The molecular formula is C12H22O3. The van der Waals surface area contributed by atoms with Crippen molar-refractivity contribution < 1.29 is 15.0 Å². The van der Waals surface area contributed by atoms with Gasteiger partial charge in [-0.1, -0.05) is 44.8 Å². The molecule has 3 nitrogen and oxygen atoms in total. The first-order valence-electron chi connectivity index (χ1n) is 5.73. The van der Waals surface area contributed by atoms with Crippen molar-refractivity contribution in [1.82, 2.24) is 0 Å². The summed E-state index contributed by atoms with van der Waals surface area (Å²) in [6.07, 6.45) is 9.47. The predicted octanol–water partition coefficient (Wildman–Crippen LogP) is 2.74. The Morgan fingerprint density at radius 3 is 2.53 bits per heavy atom. The number of hydrogen-bond donors (Lipinski definition) is 2. The van der Waals surface area contributed by atoms with Crippen molar-refractivity contribution in [3.8, 4) is 0 Å². The Balaban J connectivity index is 3.33. The quantitative estimate of drug-likeness (QED) is 0.458. The lowest BCUT2D eigenvalue weighted by Gasteiger charge is -2.00. The maximum absolute atomic E-state index is 10.2. The van der Waals surface area contributed by atoms with Crippen LogP contribution in [-0.4, -0.2) is 22.3 Å². The molecule has 1 atom stereocenters. The number of carboxylic acid groups (broad SMARTS) is 1. The molecule has 0 radical (unpaired) electrons. The summed E-state index contributed by atoms with van der Waals surface area (Å²) >= 11 is 0. The maximum atomic E-state index is 10.2. The lowest BCUT2D eigenvalue weighted by molar-refractivity contribution is -0.138. The molecule has 0 aromatic heterocycles. The number of aliphatic carboxylic acids is 1. The largest absolute Gasteiger partial charge is 0.481 e. The highest BCUT2D eigenvalue weighted by atomic mass is 16.4. The van der Waals surface area contributed by atoms with Crippen molar-refractivity contribution in [3.05, 3.63) is 12.2 Å². The molecule has 0 aliphatic heterocycles. The third-order valence-corrected chi connectivity index (χ3v) is 2.22. The molecule has 88 valence electrons. The molecule has 1 unspecified atom stereocenters. The zero-order valence-electron chi connectivity index (χ0n) is 9.48. The molecule has 0 aliphatic carbocycles. The van der Waals surface area contributed by atoms with Crippen LogP contribution in [0.4, 0.5) is 0 Å². The molecule has 0 spiro atoms. The molecule has 2 N–H and O–H groups in total. The van der Waals surface area contributed by atoms with E-state index >= 15 is 0 Å². The molecule has 3 heteroatoms. The van der Waals surface area contributed by atoms with Crippen LogP contribution in [0.5, 0.6) is 0 Å². The zero-order valence-corrected chi connectivity index (χ0v) is 9.48. The van der Waals surface area contributed by atoms with Crippen molar-refractivity contribution in [2.75, 3.05) is 0 Å². The minimum absolute atomic E-state index is 0.202. The summed E-state index contributed by atoms with van der Waals surface area (Å²) in [6, 6.07) is 0. The Morgan fingerprint density at radius 1 is 1.27 bits per heavy atom. The number of aliphatic hydroxyl groups is 1. The van der Waals surface area contributed by atoms with Crippen molar-refractivity contribution >= 4 is 5.97 Å². The van der Waals surface area contributed by atoms with Gasteiger partial charge in [-0.3, -0.25) is 4.79 Å². The SMILES string of the molecule is CCCCCCC/C=C/C(O)CC(=O)O. The van der Waals surface area contributed by atoms with Gasteiger partial charge in [0.1, 0.15) is 0 Å². The van der Waals surface area contributed by atoms with Crippen LogP contribution in [-0.2, 0) is 4.79 Å². The molecule has 0 aromatic rings. The van der Waals surface area contributed by atoms with E-state index in [9.17, 15) is 9.90 Å². The highest BCUT2D eigenvalue weighted by Crippen LogP contribution is 2.06. The third-order valence-electron chi connectivity index (χ3n) is 2.22. The number of aliphatic hydroxyl groups excluding tert-OH is 1. The van der Waals surface area contributed by atoms with Gasteiger partial charge in [0, 0.05) is 0 Å². The lowest BCUT2D eigenvalue weighted by atomic mass is 10.1. The van der Waals surface area contributed by atoms with Crippen LogP contribution < -0.4 is 0 Å². The second-order valence-electron chi connectivity index (χ2n) is 3.80. The maximum Gasteiger partial charge on any atom is 0.306 e. The lowest BCUT2D eigenvalue weighted by Crippen LogP contribution is -2.09. The van der Waals surface area contributed by atoms with Crippen LogP contribution in [0.25, 0.3) is 0 Å². The second kappa shape index (κ2) is 9.71. The van der Waals surface area contributed by atoms with Gasteiger partial charge in [-0.25, -0.2) is 0 Å². The van der Waals surface area contributed by atoms with Crippen LogP contribution >= 0.6 is 0 Å². The molecule has 0 aliphatic rings. The Bertz CT molecular complexity index is 187. The topological polar surface area (TPSA) is 57.5 Å². The Hall–Kier alpha value is -0.830. The van der Waals surface area contributed by atoms with E-state index in [1.165, 1.54) is 25.7 Å². The third kappa shape index (κ3) is 11.1. The standard InChI is InChI=1S/C12H22O3/c1-2-3-4-5-6-7-8-9-11(13)10-12(14)15/h8-9,11,13H,2-7,10H2,1H3,(H,14,15)/b9-8+. The van der Waals surface area contributed by atoms with Crippen LogP contribution in [0.15, 0.2) is 12.2 Å². The Kier molecular flexibility index (Phi) is 9.18. The summed E-state index contributed by atoms with van der Waals surface area (Å²) in [5.41, 5.74) is 0. The Morgan fingerprint density at radius 2 is 1.93 bits per heavy atom. The molecule has 0 amide bonds.